The van der Waals surface area contributed by atoms with E-state index >= 15 is 0 Å². The zero-order valence-corrected chi connectivity index (χ0v) is 14.2. The molecule has 0 saturated heterocycles. The molecule has 4 nitrogen and oxygen atoms in total. The maximum absolute atomic E-state index is 14.3. The normalized spacial score (nSPS) is 12.6. The smallest absolute Gasteiger partial charge is 0.266 e. The van der Waals surface area contributed by atoms with Crippen molar-refractivity contribution in [1.29, 1.82) is 0 Å². The van der Waals surface area contributed by atoms with Gasteiger partial charge in [-0.3, -0.25) is 4.98 Å². The van der Waals surface area contributed by atoms with Crippen LogP contribution in [0.2, 0.25) is 5.02 Å². The number of aromatic nitrogens is 3. The molecule has 0 aliphatic carbocycles. The van der Waals surface area contributed by atoms with E-state index < -0.39 is 23.8 Å². The average Bonchev–Trinajstić information content (AvgIpc) is 2.57. The minimum Gasteiger partial charge on any atom is -0.361 e. The van der Waals surface area contributed by atoms with Gasteiger partial charge in [0, 0.05) is 17.1 Å². The fraction of sp³-hybridized carbons (Fsp3) is 0.235. The average molecular weight is 367 g/mol. The molecule has 0 radical (unpaired) electrons. The van der Waals surface area contributed by atoms with Crippen molar-refractivity contribution in [3.05, 3.63) is 58.1 Å². The van der Waals surface area contributed by atoms with Crippen LogP contribution in [0, 0.1) is 12.7 Å². The molecule has 0 aliphatic heterocycles. The van der Waals surface area contributed by atoms with Gasteiger partial charge in [0.2, 0.25) is 0 Å². The number of hydrogen-bond donors (Lipinski definition) is 1. The number of nitrogens with one attached hydrogen (secondary N) is 1. The highest BCUT2D eigenvalue weighted by molar-refractivity contribution is 6.31. The highest BCUT2D eigenvalue weighted by atomic mass is 35.5. The molecule has 0 saturated carbocycles. The van der Waals surface area contributed by atoms with E-state index in [1.165, 1.54) is 18.3 Å². The van der Waals surface area contributed by atoms with Crippen LogP contribution in [-0.2, 0) is 0 Å². The third kappa shape index (κ3) is 3.37. The minimum absolute atomic E-state index is 0.114. The highest BCUT2D eigenvalue weighted by Gasteiger charge is 2.20. The molecule has 0 amide bonds. The molecule has 0 bridgehead atoms. The lowest BCUT2D eigenvalue weighted by Crippen LogP contribution is -2.12. The SMILES string of the molecule is Cc1nnc(NC(C)c2cccc(C(F)F)c2F)c2cc(Cl)cnc12. The minimum atomic E-state index is -2.88. The topological polar surface area (TPSA) is 50.7 Å². The van der Waals surface area contributed by atoms with Crippen molar-refractivity contribution in [3.63, 3.8) is 0 Å². The number of anilines is 1. The lowest BCUT2D eigenvalue weighted by molar-refractivity contribution is 0.146. The molecular weight excluding hydrogens is 353 g/mol. The zero-order chi connectivity index (χ0) is 18.1. The Balaban J connectivity index is 2.01. The van der Waals surface area contributed by atoms with Crippen molar-refractivity contribution in [3.8, 4) is 0 Å². The van der Waals surface area contributed by atoms with Crippen LogP contribution in [0.3, 0.4) is 0 Å². The number of halogens is 4. The van der Waals surface area contributed by atoms with Crippen molar-refractivity contribution in [1.82, 2.24) is 15.2 Å². The van der Waals surface area contributed by atoms with Gasteiger partial charge in [0.05, 0.1) is 27.8 Å². The summed E-state index contributed by atoms with van der Waals surface area (Å²) >= 11 is 6.00. The van der Waals surface area contributed by atoms with Gasteiger partial charge in [0.25, 0.3) is 6.43 Å². The molecule has 3 aromatic rings. The standard InChI is InChI=1S/C17H14ClF3N4/c1-8(11-4-3-5-12(14(11)19)16(20)21)23-17-13-6-10(18)7-22-15(13)9(2)24-25-17/h3-8,16H,1-2H3,(H,23,25). The van der Waals surface area contributed by atoms with Gasteiger partial charge in [-0.15, -0.1) is 5.10 Å². The molecule has 1 atom stereocenters. The van der Waals surface area contributed by atoms with Gasteiger partial charge < -0.3 is 5.32 Å². The van der Waals surface area contributed by atoms with E-state index in [9.17, 15) is 13.2 Å². The van der Waals surface area contributed by atoms with Crippen LogP contribution in [0.5, 0.6) is 0 Å². The number of nitrogens with zero attached hydrogens (tertiary/aromatic N) is 3. The fourth-order valence-electron chi connectivity index (χ4n) is 2.60. The second-order valence-corrected chi connectivity index (χ2v) is 6.04. The number of rotatable bonds is 4. The Bertz CT molecular complexity index is 933. The lowest BCUT2D eigenvalue weighted by Gasteiger charge is -2.18. The Morgan fingerprint density at radius 1 is 1.16 bits per heavy atom. The molecule has 25 heavy (non-hydrogen) atoms. The van der Waals surface area contributed by atoms with E-state index in [2.05, 4.69) is 20.5 Å². The Labute approximate surface area is 147 Å². The number of fused-ring (bicyclic) bond motifs is 1. The summed E-state index contributed by atoms with van der Waals surface area (Å²) in [6.07, 6.45) is -1.38. The van der Waals surface area contributed by atoms with E-state index in [1.54, 1.807) is 19.9 Å². The molecule has 1 aromatic carbocycles. The summed E-state index contributed by atoms with van der Waals surface area (Å²) in [5, 5.41) is 12.1. The van der Waals surface area contributed by atoms with E-state index in [4.69, 9.17) is 11.6 Å². The summed E-state index contributed by atoms with van der Waals surface area (Å²) in [6, 6.07) is 4.98. The second kappa shape index (κ2) is 6.84. The van der Waals surface area contributed by atoms with Gasteiger partial charge in [-0.05, 0) is 19.9 Å². The first kappa shape index (κ1) is 17.4. The molecule has 0 fully saturated rings. The molecule has 130 valence electrons. The van der Waals surface area contributed by atoms with Crippen LogP contribution in [0.1, 0.15) is 36.2 Å². The molecule has 1 unspecified atom stereocenters. The molecule has 8 heteroatoms. The van der Waals surface area contributed by atoms with E-state index in [0.717, 1.165) is 6.07 Å². The van der Waals surface area contributed by atoms with Gasteiger partial charge in [0.15, 0.2) is 5.82 Å². The Morgan fingerprint density at radius 3 is 2.60 bits per heavy atom. The number of hydrogen-bond acceptors (Lipinski definition) is 4. The molecule has 0 spiro atoms. The summed E-state index contributed by atoms with van der Waals surface area (Å²) in [4.78, 5) is 4.23. The summed E-state index contributed by atoms with van der Waals surface area (Å²) in [6.45, 7) is 3.41. The lowest BCUT2D eigenvalue weighted by atomic mass is 10.0. The molecule has 2 heterocycles. The number of alkyl halides is 2. The third-order valence-corrected chi connectivity index (χ3v) is 4.07. The van der Waals surface area contributed by atoms with Crippen molar-refractivity contribution < 1.29 is 13.2 Å². The number of pyridine rings is 1. The summed E-state index contributed by atoms with van der Waals surface area (Å²) in [5.74, 6) is -0.581. The molecule has 0 aliphatic rings. The first-order valence-electron chi connectivity index (χ1n) is 7.50. The van der Waals surface area contributed by atoms with Crippen LogP contribution in [-0.4, -0.2) is 15.2 Å². The Hall–Kier alpha value is -2.41. The van der Waals surface area contributed by atoms with Crippen molar-refractivity contribution in [2.45, 2.75) is 26.3 Å². The van der Waals surface area contributed by atoms with Crippen molar-refractivity contribution in [2.24, 2.45) is 0 Å². The maximum Gasteiger partial charge on any atom is 0.266 e. The van der Waals surface area contributed by atoms with E-state index in [0.29, 0.717) is 27.4 Å². The van der Waals surface area contributed by atoms with Gasteiger partial charge in [-0.1, -0.05) is 29.8 Å². The van der Waals surface area contributed by atoms with Gasteiger partial charge in [0.1, 0.15) is 5.82 Å². The number of benzene rings is 1. The summed E-state index contributed by atoms with van der Waals surface area (Å²) in [5.41, 5.74) is 0.714. The summed E-state index contributed by atoms with van der Waals surface area (Å²) in [7, 11) is 0. The quantitative estimate of drug-likeness (QED) is 0.686. The van der Waals surface area contributed by atoms with Gasteiger partial charge in [-0.2, -0.15) is 5.10 Å². The fourth-order valence-corrected chi connectivity index (χ4v) is 2.75. The highest BCUT2D eigenvalue weighted by Crippen LogP contribution is 2.30. The monoisotopic (exact) mass is 366 g/mol. The van der Waals surface area contributed by atoms with Crippen LogP contribution >= 0.6 is 11.6 Å². The van der Waals surface area contributed by atoms with Gasteiger partial charge in [-0.25, -0.2) is 13.2 Å². The first-order valence-corrected chi connectivity index (χ1v) is 7.87. The van der Waals surface area contributed by atoms with Crippen LogP contribution in [0.15, 0.2) is 30.5 Å². The maximum atomic E-state index is 14.3. The van der Waals surface area contributed by atoms with Crippen LogP contribution in [0.4, 0.5) is 19.0 Å². The summed E-state index contributed by atoms with van der Waals surface area (Å²) < 4.78 is 40.1. The molecule has 3 rings (SSSR count). The Morgan fingerprint density at radius 2 is 1.88 bits per heavy atom. The van der Waals surface area contributed by atoms with Crippen molar-refractivity contribution in [2.75, 3.05) is 5.32 Å². The van der Waals surface area contributed by atoms with E-state index in [1.807, 2.05) is 0 Å². The van der Waals surface area contributed by atoms with Crippen LogP contribution in [0.25, 0.3) is 10.9 Å². The molecular formula is C17H14ClF3N4. The third-order valence-electron chi connectivity index (χ3n) is 3.87. The second-order valence-electron chi connectivity index (χ2n) is 5.60. The first-order chi connectivity index (χ1) is 11.9. The largest absolute Gasteiger partial charge is 0.361 e. The van der Waals surface area contributed by atoms with Gasteiger partial charge >= 0.3 is 0 Å². The number of aryl methyl sites for hydroxylation is 1. The predicted octanol–water partition coefficient (Wildman–Crippen LogP) is 5.24. The zero-order valence-electron chi connectivity index (χ0n) is 13.4. The van der Waals surface area contributed by atoms with Crippen molar-refractivity contribution >= 4 is 28.3 Å². The predicted molar refractivity (Wildman–Crippen MR) is 90.5 cm³/mol. The molecule has 1 N–H and O–H groups in total. The molecule has 2 aromatic heterocycles. The Kier molecular flexibility index (Phi) is 4.76. The van der Waals surface area contributed by atoms with E-state index in [-0.39, 0.29) is 5.56 Å². The van der Waals surface area contributed by atoms with Crippen LogP contribution < -0.4 is 5.32 Å².